The zero-order chi connectivity index (χ0) is 16.4. The Morgan fingerprint density at radius 3 is 2.78 bits per heavy atom. The van der Waals surface area contributed by atoms with Crippen molar-refractivity contribution in [3.8, 4) is 5.69 Å². The predicted molar refractivity (Wildman–Crippen MR) is 86.0 cm³/mol. The Labute approximate surface area is 134 Å². The van der Waals surface area contributed by atoms with Crippen molar-refractivity contribution < 1.29 is 9.18 Å². The fourth-order valence-corrected chi connectivity index (χ4v) is 3.06. The number of nitrogens with zero attached hydrogens (tertiary/aromatic N) is 3. The Morgan fingerprint density at radius 2 is 2.13 bits per heavy atom. The number of carbonyl (C=O) groups excluding carboxylic acids is 1. The van der Waals surface area contributed by atoms with E-state index in [9.17, 15) is 9.18 Å². The van der Waals surface area contributed by atoms with Gasteiger partial charge in [0.05, 0.1) is 23.1 Å². The Bertz CT molecular complexity index is 695. The van der Waals surface area contributed by atoms with Gasteiger partial charge in [-0.3, -0.25) is 4.79 Å². The van der Waals surface area contributed by atoms with Gasteiger partial charge < -0.3 is 10.6 Å². The monoisotopic (exact) mass is 316 g/mol. The van der Waals surface area contributed by atoms with Crippen LogP contribution in [0.4, 0.5) is 4.39 Å². The molecular weight excluding hydrogens is 295 g/mol. The summed E-state index contributed by atoms with van der Waals surface area (Å²) in [5.41, 5.74) is 8.16. The molecule has 1 amide bonds. The fourth-order valence-electron chi connectivity index (χ4n) is 3.06. The zero-order valence-corrected chi connectivity index (χ0v) is 13.2. The fraction of sp³-hybridized carbons (Fsp3) is 0.412. The van der Waals surface area contributed by atoms with Gasteiger partial charge in [0.2, 0.25) is 0 Å². The molecule has 1 atom stereocenters. The third-order valence-electron chi connectivity index (χ3n) is 4.25. The molecule has 23 heavy (non-hydrogen) atoms. The number of amides is 1. The van der Waals surface area contributed by atoms with Gasteiger partial charge in [-0.1, -0.05) is 6.92 Å². The lowest BCUT2D eigenvalue weighted by Gasteiger charge is -2.30. The van der Waals surface area contributed by atoms with E-state index in [1.807, 2.05) is 6.92 Å². The van der Waals surface area contributed by atoms with Gasteiger partial charge in [0.25, 0.3) is 5.91 Å². The van der Waals surface area contributed by atoms with E-state index in [-0.39, 0.29) is 17.8 Å². The van der Waals surface area contributed by atoms with E-state index >= 15 is 0 Å². The van der Waals surface area contributed by atoms with E-state index in [4.69, 9.17) is 5.73 Å². The van der Waals surface area contributed by atoms with Gasteiger partial charge in [0.1, 0.15) is 5.82 Å². The average molecular weight is 316 g/mol. The smallest absolute Gasteiger partial charge is 0.257 e. The molecule has 1 aliphatic heterocycles. The maximum atomic E-state index is 13.1. The van der Waals surface area contributed by atoms with E-state index in [0.717, 1.165) is 30.8 Å². The first-order chi connectivity index (χ1) is 11.1. The van der Waals surface area contributed by atoms with Crippen molar-refractivity contribution in [3.05, 3.63) is 47.5 Å². The second-order valence-electron chi connectivity index (χ2n) is 5.90. The number of hydrogen-bond acceptors (Lipinski definition) is 3. The quantitative estimate of drug-likeness (QED) is 0.943. The van der Waals surface area contributed by atoms with Crippen LogP contribution in [0, 0.1) is 5.82 Å². The minimum absolute atomic E-state index is 0.0228. The number of piperidine rings is 1. The van der Waals surface area contributed by atoms with Crippen molar-refractivity contribution in [2.75, 3.05) is 13.1 Å². The molecule has 0 spiro atoms. The van der Waals surface area contributed by atoms with Gasteiger partial charge >= 0.3 is 0 Å². The SMILES string of the molecule is CCc1c(C(=O)N2CCCC(N)C2)cnn1-c1ccc(F)cc1. The standard InChI is InChI=1S/C17H21FN4O/c1-2-16-15(17(23)21-9-3-4-13(19)11-21)10-20-22(16)14-7-5-12(18)6-8-14/h5-8,10,13H,2-4,9,11,19H2,1H3. The Hall–Kier alpha value is -2.21. The topological polar surface area (TPSA) is 64.2 Å². The molecule has 1 saturated heterocycles. The van der Waals surface area contributed by atoms with Crippen molar-refractivity contribution in [2.24, 2.45) is 5.73 Å². The number of benzene rings is 1. The minimum Gasteiger partial charge on any atom is -0.337 e. The van der Waals surface area contributed by atoms with Crippen LogP contribution in [-0.2, 0) is 6.42 Å². The summed E-state index contributed by atoms with van der Waals surface area (Å²) in [5, 5.41) is 4.34. The molecule has 0 aliphatic carbocycles. The maximum absolute atomic E-state index is 13.1. The normalized spacial score (nSPS) is 18.2. The van der Waals surface area contributed by atoms with Crippen LogP contribution in [-0.4, -0.2) is 39.7 Å². The molecule has 1 aliphatic rings. The number of carbonyl (C=O) groups is 1. The van der Waals surface area contributed by atoms with Crippen LogP contribution in [0.2, 0.25) is 0 Å². The molecule has 0 radical (unpaired) electrons. The van der Waals surface area contributed by atoms with Gasteiger partial charge in [-0.15, -0.1) is 0 Å². The average Bonchev–Trinajstić information content (AvgIpc) is 2.98. The summed E-state index contributed by atoms with van der Waals surface area (Å²) in [5.74, 6) is -0.317. The van der Waals surface area contributed by atoms with E-state index in [2.05, 4.69) is 5.10 Å². The lowest BCUT2D eigenvalue weighted by Crippen LogP contribution is -2.45. The van der Waals surface area contributed by atoms with Gasteiger partial charge in [-0.2, -0.15) is 5.10 Å². The summed E-state index contributed by atoms with van der Waals surface area (Å²) in [6.45, 7) is 3.30. The molecule has 6 heteroatoms. The first kappa shape index (κ1) is 15.7. The number of rotatable bonds is 3. The zero-order valence-electron chi connectivity index (χ0n) is 13.2. The number of nitrogens with two attached hydrogens (primary N) is 1. The van der Waals surface area contributed by atoms with Gasteiger partial charge in [-0.25, -0.2) is 9.07 Å². The van der Waals surface area contributed by atoms with Crippen LogP contribution in [0.5, 0.6) is 0 Å². The molecule has 5 nitrogen and oxygen atoms in total. The summed E-state index contributed by atoms with van der Waals surface area (Å²) >= 11 is 0. The molecule has 2 aromatic rings. The molecule has 1 aromatic heterocycles. The van der Waals surface area contributed by atoms with Crippen molar-refractivity contribution in [2.45, 2.75) is 32.2 Å². The highest BCUT2D eigenvalue weighted by molar-refractivity contribution is 5.95. The van der Waals surface area contributed by atoms with Crippen LogP contribution >= 0.6 is 0 Å². The number of aromatic nitrogens is 2. The van der Waals surface area contributed by atoms with Crippen molar-refractivity contribution in [1.82, 2.24) is 14.7 Å². The Kier molecular flexibility index (Phi) is 4.43. The third kappa shape index (κ3) is 3.12. The maximum Gasteiger partial charge on any atom is 0.257 e. The second-order valence-corrected chi connectivity index (χ2v) is 5.90. The third-order valence-corrected chi connectivity index (χ3v) is 4.25. The predicted octanol–water partition coefficient (Wildman–Crippen LogP) is 2.14. The first-order valence-corrected chi connectivity index (χ1v) is 7.98. The number of likely N-dealkylation sites (tertiary alicyclic amines) is 1. The molecular formula is C17H21FN4O. The van der Waals surface area contributed by atoms with Crippen LogP contribution in [0.25, 0.3) is 5.69 Å². The van der Waals surface area contributed by atoms with Crippen molar-refractivity contribution >= 4 is 5.91 Å². The summed E-state index contributed by atoms with van der Waals surface area (Å²) in [4.78, 5) is 14.6. The highest BCUT2D eigenvalue weighted by atomic mass is 19.1. The second kappa shape index (κ2) is 6.50. The van der Waals surface area contributed by atoms with Gasteiger partial charge in [-0.05, 0) is 43.5 Å². The lowest BCUT2D eigenvalue weighted by molar-refractivity contribution is 0.0707. The summed E-state index contributed by atoms with van der Waals surface area (Å²) in [7, 11) is 0. The minimum atomic E-state index is -0.294. The van der Waals surface area contributed by atoms with E-state index in [1.165, 1.54) is 12.1 Å². The van der Waals surface area contributed by atoms with E-state index < -0.39 is 0 Å². The Morgan fingerprint density at radius 1 is 1.39 bits per heavy atom. The van der Waals surface area contributed by atoms with Crippen molar-refractivity contribution in [3.63, 3.8) is 0 Å². The molecule has 122 valence electrons. The number of hydrogen-bond donors (Lipinski definition) is 1. The number of halogens is 1. The first-order valence-electron chi connectivity index (χ1n) is 7.98. The summed E-state index contributed by atoms with van der Waals surface area (Å²) in [6, 6.07) is 6.15. The largest absolute Gasteiger partial charge is 0.337 e. The Balaban J connectivity index is 1.91. The highest BCUT2D eigenvalue weighted by Gasteiger charge is 2.26. The van der Waals surface area contributed by atoms with Crippen LogP contribution in [0.3, 0.4) is 0 Å². The lowest BCUT2D eigenvalue weighted by atomic mass is 10.1. The molecule has 0 saturated carbocycles. The molecule has 2 N–H and O–H groups in total. The van der Waals surface area contributed by atoms with Crippen molar-refractivity contribution in [1.29, 1.82) is 0 Å². The molecule has 2 heterocycles. The molecule has 1 fully saturated rings. The molecule has 1 aromatic carbocycles. The van der Waals surface area contributed by atoms with Crippen LogP contribution in [0.1, 0.15) is 35.8 Å². The van der Waals surface area contributed by atoms with Crippen LogP contribution < -0.4 is 5.73 Å². The van der Waals surface area contributed by atoms with E-state index in [0.29, 0.717) is 18.5 Å². The molecule has 1 unspecified atom stereocenters. The summed E-state index contributed by atoms with van der Waals surface area (Å²) in [6.07, 6.45) is 4.16. The highest BCUT2D eigenvalue weighted by Crippen LogP contribution is 2.19. The van der Waals surface area contributed by atoms with Gasteiger partial charge in [0.15, 0.2) is 0 Å². The molecule has 0 bridgehead atoms. The molecule has 3 rings (SSSR count). The van der Waals surface area contributed by atoms with Crippen LogP contribution in [0.15, 0.2) is 30.5 Å². The van der Waals surface area contributed by atoms with E-state index in [1.54, 1.807) is 27.9 Å². The summed E-state index contributed by atoms with van der Waals surface area (Å²) < 4.78 is 14.8. The van der Waals surface area contributed by atoms with Gasteiger partial charge in [0, 0.05) is 19.1 Å².